The summed E-state index contributed by atoms with van der Waals surface area (Å²) in [5, 5.41) is 20.4. The van der Waals surface area contributed by atoms with Crippen molar-refractivity contribution >= 4 is 21.9 Å². The molecule has 0 aliphatic heterocycles. The van der Waals surface area contributed by atoms with Gasteiger partial charge in [-0.3, -0.25) is 0 Å². The van der Waals surface area contributed by atoms with Gasteiger partial charge in [0, 0.05) is 0 Å². The van der Waals surface area contributed by atoms with Crippen LogP contribution in [0.2, 0.25) is 0 Å². The van der Waals surface area contributed by atoms with E-state index >= 15 is 0 Å². The van der Waals surface area contributed by atoms with Gasteiger partial charge in [-0.15, -0.1) is 0 Å². The highest BCUT2D eigenvalue weighted by atomic mass is 14.7. The van der Waals surface area contributed by atoms with E-state index in [0.29, 0.717) is 11.1 Å². The summed E-state index contributed by atoms with van der Waals surface area (Å²) in [5.74, 6) is 0. The van der Waals surface area contributed by atoms with E-state index in [1.54, 1.807) is 0 Å². The molecule has 1 aliphatic rings. The predicted molar refractivity (Wildman–Crippen MR) is 82.2 cm³/mol. The van der Waals surface area contributed by atoms with Crippen LogP contribution in [-0.4, -0.2) is 0 Å². The summed E-state index contributed by atoms with van der Waals surface area (Å²) >= 11 is 0. The van der Waals surface area contributed by atoms with Crippen LogP contribution in [-0.2, 0) is 0 Å². The third-order valence-electron chi connectivity index (χ3n) is 3.60. The average Bonchev–Trinajstić information content (AvgIpc) is 2.88. The average molecular weight is 278 g/mol. The van der Waals surface area contributed by atoms with Gasteiger partial charge in [-0.2, -0.15) is 0 Å². The number of nitriles is 2. The largest absolute Gasteiger partial charge is 0.268 e. The number of benzene rings is 2. The van der Waals surface area contributed by atoms with Crippen molar-refractivity contribution in [3.63, 3.8) is 0 Å². The summed E-state index contributed by atoms with van der Waals surface area (Å²) in [7, 11) is 0. The molecule has 0 bridgehead atoms. The van der Waals surface area contributed by atoms with E-state index in [0.717, 1.165) is 21.9 Å². The molecule has 2 aromatic carbocycles. The van der Waals surface area contributed by atoms with Gasteiger partial charge in [-0.05, 0) is 33.0 Å². The highest BCUT2D eigenvalue weighted by molar-refractivity contribution is 6.24. The molecular weight excluding hydrogens is 272 g/mol. The SMILES string of the molecule is [C-]#[N+]C(C#N)=C1C(=C(C#N)[N+]#[C-])c2cccc3cccc1c23. The lowest BCUT2D eigenvalue weighted by atomic mass is 9.99. The van der Waals surface area contributed by atoms with E-state index < -0.39 is 0 Å². The van der Waals surface area contributed by atoms with Gasteiger partial charge in [0.1, 0.15) is 0 Å². The Morgan fingerprint density at radius 3 is 1.64 bits per heavy atom. The van der Waals surface area contributed by atoms with Gasteiger partial charge in [0.05, 0.1) is 25.3 Å². The van der Waals surface area contributed by atoms with Crippen LogP contribution in [0.25, 0.3) is 31.6 Å². The molecule has 4 nitrogen and oxygen atoms in total. The minimum Gasteiger partial charge on any atom is -0.226 e. The molecule has 0 saturated carbocycles. The highest BCUT2D eigenvalue weighted by Crippen LogP contribution is 2.48. The van der Waals surface area contributed by atoms with Crippen LogP contribution in [0.15, 0.2) is 47.8 Å². The van der Waals surface area contributed by atoms with Crippen LogP contribution in [0.4, 0.5) is 0 Å². The van der Waals surface area contributed by atoms with E-state index in [1.165, 1.54) is 0 Å². The molecule has 0 atom stereocenters. The Labute approximate surface area is 127 Å². The lowest BCUT2D eigenvalue weighted by Crippen LogP contribution is -1.88. The molecule has 0 spiro atoms. The van der Waals surface area contributed by atoms with Gasteiger partial charge in [0.25, 0.3) is 11.4 Å². The fraction of sp³-hybridized carbons (Fsp3) is 0. The molecule has 98 valence electrons. The third kappa shape index (κ3) is 1.60. The summed E-state index contributed by atoms with van der Waals surface area (Å²) < 4.78 is 0. The molecule has 0 amide bonds. The second-order valence-corrected chi connectivity index (χ2v) is 4.60. The summed E-state index contributed by atoms with van der Waals surface area (Å²) in [6.45, 7) is 14.5. The number of nitrogens with zero attached hydrogens (tertiary/aromatic N) is 4. The van der Waals surface area contributed by atoms with E-state index in [4.69, 9.17) is 13.1 Å². The lowest BCUT2D eigenvalue weighted by molar-refractivity contribution is 1.49. The third-order valence-corrected chi connectivity index (χ3v) is 3.60. The first-order chi connectivity index (χ1) is 10.8. The van der Waals surface area contributed by atoms with Crippen LogP contribution in [0, 0.1) is 35.8 Å². The second kappa shape index (κ2) is 4.92. The zero-order chi connectivity index (χ0) is 15.7. The minimum atomic E-state index is -0.102. The molecule has 0 aromatic heterocycles. The quantitative estimate of drug-likeness (QED) is 0.536. The zero-order valence-electron chi connectivity index (χ0n) is 11.3. The first-order valence-electron chi connectivity index (χ1n) is 6.33. The molecule has 22 heavy (non-hydrogen) atoms. The Bertz CT molecular complexity index is 943. The Balaban J connectivity index is 2.62. The number of rotatable bonds is 0. The molecule has 0 heterocycles. The van der Waals surface area contributed by atoms with E-state index in [2.05, 4.69) is 9.69 Å². The number of allylic oxidation sites excluding steroid dienone is 4. The molecule has 0 N–H and O–H groups in total. The molecule has 4 heteroatoms. The Morgan fingerprint density at radius 2 is 1.27 bits per heavy atom. The topological polar surface area (TPSA) is 56.3 Å². The Hall–Kier alpha value is -3.86. The lowest BCUT2D eigenvalue weighted by Gasteiger charge is -2.04. The van der Waals surface area contributed by atoms with Crippen LogP contribution in [0.1, 0.15) is 11.1 Å². The van der Waals surface area contributed by atoms with Gasteiger partial charge < -0.3 is 0 Å². The molecule has 0 unspecified atom stereocenters. The van der Waals surface area contributed by atoms with Gasteiger partial charge in [-0.25, -0.2) is 20.2 Å². The summed E-state index contributed by atoms with van der Waals surface area (Å²) in [4.78, 5) is 6.56. The van der Waals surface area contributed by atoms with Crippen LogP contribution in [0.3, 0.4) is 0 Å². The Morgan fingerprint density at radius 1 is 0.818 bits per heavy atom. The van der Waals surface area contributed by atoms with E-state index in [1.807, 2.05) is 48.5 Å². The second-order valence-electron chi connectivity index (χ2n) is 4.60. The minimum absolute atomic E-state index is 0.102. The van der Waals surface area contributed by atoms with Crippen molar-refractivity contribution in [2.45, 2.75) is 0 Å². The fourth-order valence-corrected chi connectivity index (χ4v) is 2.79. The van der Waals surface area contributed by atoms with Crippen molar-refractivity contribution in [3.8, 4) is 12.1 Å². The van der Waals surface area contributed by atoms with Crippen LogP contribution in [0.5, 0.6) is 0 Å². The molecule has 3 rings (SSSR count). The first-order valence-corrected chi connectivity index (χ1v) is 6.33. The van der Waals surface area contributed by atoms with Gasteiger partial charge in [0.2, 0.25) is 0 Å². The summed E-state index contributed by atoms with van der Waals surface area (Å²) in [6, 6.07) is 14.9. The van der Waals surface area contributed by atoms with Crippen molar-refractivity contribution in [2.75, 3.05) is 0 Å². The molecular formula is C18H6N4. The normalized spacial score (nSPS) is 16.2. The van der Waals surface area contributed by atoms with Crippen LogP contribution >= 0.6 is 0 Å². The standard InChI is InChI=1S/C18H6N4/c1-21-14(9-19)17-12-7-3-5-11-6-4-8-13(16(11)12)18(17)15(10-20)22-2/h3-8H. The fourth-order valence-electron chi connectivity index (χ4n) is 2.79. The molecule has 0 fully saturated rings. The van der Waals surface area contributed by atoms with E-state index in [9.17, 15) is 10.5 Å². The predicted octanol–water partition coefficient (Wildman–Crippen LogP) is 4.16. The monoisotopic (exact) mass is 278 g/mol. The molecule has 0 radical (unpaired) electrons. The first kappa shape index (κ1) is 13.1. The van der Waals surface area contributed by atoms with Crippen LogP contribution < -0.4 is 0 Å². The number of hydrogen-bond donors (Lipinski definition) is 0. The summed E-state index contributed by atoms with van der Waals surface area (Å²) in [5.41, 5.74) is 2.03. The van der Waals surface area contributed by atoms with Gasteiger partial charge in [-0.1, -0.05) is 36.4 Å². The highest BCUT2D eigenvalue weighted by Gasteiger charge is 2.29. The van der Waals surface area contributed by atoms with Crippen molar-refractivity contribution in [1.82, 2.24) is 0 Å². The van der Waals surface area contributed by atoms with Gasteiger partial charge >= 0.3 is 0 Å². The molecule has 2 aromatic rings. The van der Waals surface area contributed by atoms with Gasteiger partial charge in [0.15, 0.2) is 0 Å². The molecule has 0 saturated heterocycles. The van der Waals surface area contributed by atoms with Crippen molar-refractivity contribution in [1.29, 1.82) is 10.5 Å². The van der Waals surface area contributed by atoms with Crippen molar-refractivity contribution in [3.05, 3.63) is 81.8 Å². The molecule has 1 aliphatic carbocycles. The maximum atomic E-state index is 9.26. The Kier molecular flexibility index (Phi) is 2.94. The van der Waals surface area contributed by atoms with E-state index in [-0.39, 0.29) is 11.4 Å². The van der Waals surface area contributed by atoms with Crippen molar-refractivity contribution in [2.24, 2.45) is 0 Å². The zero-order valence-corrected chi connectivity index (χ0v) is 11.3. The van der Waals surface area contributed by atoms with Crippen molar-refractivity contribution < 1.29 is 0 Å². The number of hydrogen-bond acceptors (Lipinski definition) is 2. The smallest absolute Gasteiger partial charge is 0.226 e. The maximum Gasteiger partial charge on any atom is 0.268 e. The maximum absolute atomic E-state index is 9.26. The summed E-state index contributed by atoms with van der Waals surface area (Å²) in [6.07, 6.45) is 0.